The highest BCUT2D eigenvalue weighted by molar-refractivity contribution is 7.98. The molecule has 0 aliphatic carbocycles. The predicted molar refractivity (Wildman–Crippen MR) is 86.4 cm³/mol. The maximum absolute atomic E-state index is 12.3. The molecule has 1 saturated heterocycles. The van der Waals surface area contributed by atoms with Crippen LogP contribution in [0.25, 0.3) is 0 Å². The predicted octanol–water partition coefficient (Wildman–Crippen LogP) is 2.85. The molecule has 5 heteroatoms. The molecular formula is C16H22N2O2S. The molecule has 21 heavy (non-hydrogen) atoms. The molecule has 0 bridgehead atoms. The first kappa shape index (κ1) is 15.9. The average molecular weight is 306 g/mol. The van der Waals surface area contributed by atoms with Crippen LogP contribution in [0.4, 0.5) is 5.69 Å². The van der Waals surface area contributed by atoms with Crippen molar-refractivity contribution in [1.82, 2.24) is 4.90 Å². The van der Waals surface area contributed by atoms with Crippen molar-refractivity contribution in [3.63, 3.8) is 0 Å². The number of nitrogens with zero attached hydrogens (tertiary/aromatic N) is 1. The van der Waals surface area contributed by atoms with Crippen molar-refractivity contribution in [2.45, 2.75) is 25.2 Å². The summed E-state index contributed by atoms with van der Waals surface area (Å²) in [4.78, 5) is 27.1. The molecule has 2 rings (SSSR count). The standard InChI is InChI=1S/C16H22N2O2S/c1-11-7-12(2)10-18(9-11)16(20)15(19)17-13-5-4-6-14(8-13)21-3/h4-6,8,11-12H,7,9-10H2,1-3H3,(H,17,19). The number of likely N-dealkylation sites (tertiary alicyclic amines) is 1. The Morgan fingerprint density at radius 2 is 1.90 bits per heavy atom. The lowest BCUT2D eigenvalue weighted by Crippen LogP contribution is -2.47. The van der Waals surface area contributed by atoms with E-state index < -0.39 is 11.8 Å². The van der Waals surface area contributed by atoms with Crippen LogP contribution in [-0.2, 0) is 9.59 Å². The van der Waals surface area contributed by atoms with Gasteiger partial charge in [-0.1, -0.05) is 19.9 Å². The summed E-state index contributed by atoms with van der Waals surface area (Å²) in [7, 11) is 0. The highest BCUT2D eigenvalue weighted by Crippen LogP contribution is 2.22. The largest absolute Gasteiger partial charge is 0.334 e. The number of hydrogen-bond donors (Lipinski definition) is 1. The van der Waals surface area contributed by atoms with E-state index in [1.54, 1.807) is 22.7 Å². The van der Waals surface area contributed by atoms with E-state index in [-0.39, 0.29) is 0 Å². The minimum absolute atomic E-state index is 0.428. The first-order chi connectivity index (χ1) is 9.99. The summed E-state index contributed by atoms with van der Waals surface area (Å²) >= 11 is 1.60. The molecule has 1 fully saturated rings. The number of thioether (sulfide) groups is 1. The Bertz CT molecular complexity index is 523. The Morgan fingerprint density at radius 3 is 2.52 bits per heavy atom. The van der Waals surface area contributed by atoms with Crippen LogP contribution < -0.4 is 5.32 Å². The molecule has 2 amide bonds. The smallest absolute Gasteiger partial charge is 0.313 e. The van der Waals surface area contributed by atoms with Crippen molar-refractivity contribution in [2.75, 3.05) is 24.7 Å². The van der Waals surface area contributed by atoms with Crippen molar-refractivity contribution in [3.05, 3.63) is 24.3 Å². The average Bonchev–Trinajstić information content (AvgIpc) is 2.45. The van der Waals surface area contributed by atoms with Gasteiger partial charge in [-0.15, -0.1) is 11.8 Å². The van der Waals surface area contributed by atoms with Crippen molar-refractivity contribution in [1.29, 1.82) is 0 Å². The Kier molecular flexibility index (Phi) is 5.28. The lowest BCUT2D eigenvalue weighted by atomic mass is 9.92. The van der Waals surface area contributed by atoms with Crippen LogP contribution in [-0.4, -0.2) is 36.1 Å². The molecule has 1 aliphatic rings. The van der Waals surface area contributed by atoms with Crippen molar-refractivity contribution < 1.29 is 9.59 Å². The van der Waals surface area contributed by atoms with E-state index in [0.29, 0.717) is 30.6 Å². The van der Waals surface area contributed by atoms with Gasteiger partial charge in [-0.25, -0.2) is 0 Å². The molecule has 114 valence electrons. The fraction of sp³-hybridized carbons (Fsp3) is 0.500. The maximum Gasteiger partial charge on any atom is 0.313 e. The van der Waals surface area contributed by atoms with E-state index in [1.807, 2.05) is 24.5 Å². The van der Waals surface area contributed by atoms with E-state index in [2.05, 4.69) is 19.2 Å². The van der Waals surface area contributed by atoms with Gasteiger partial charge in [-0.05, 0) is 42.7 Å². The fourth-order valence-electron chi connectivity index (χ4n) is 2.86. The molecule has 0 aromatic heterocycles. The van der Waals surface area contributed by atoms with Gasteiger partial charge in [0.1, 0.15) is 0 Å². The van der Waals surface area contributed by atoms with Gasteiger partial charge >= 0.3 is 11.8 Å². The van der Waals surface area contributed by atoms with Crippen LogP contribution in [0.1, 0.15) is 20.3 Å². The molecule has 1 N–H and O–H groups in total. The molecule has 0 radical (unpaired) electrons. The lowest BCUT2D eigenvalue weighted by Gasteiger charge is -2.34. The number of piperidine rings is 1. The quantitative estimate of drug-likeness (QED) is 0.675. The normalized spacial score (nSPS) is 22.0. The van der Waals surface area contributed by atoms with Crippen LogP contribution in [0.3, 0.4) is 0 Å². The third-order valence-corrected chi connectivity index (χ3v) is 4.40. The minimum Gasteiger partial charge on any atom is -0.334 e. The second-order valence-electron chi connectivity index (χ2n) is 5.84. The first-order valence-corrected chi connectivity index (χ1v) is 8.46. The number of nitrogens with one attached hydrogen (secondary N) is 1. The van der Waals surface area contributed by atoms with Crippen LogP contribution >= 0.6 is 11.8 Å². The lowest BCUT2D eigenvalue weighted by molar-refractivity contribution is -0.144. The summed E-state index contributed by atoms with van der Waals surface area (Å²) in [6, 6.07) is 7.51. The van der Waals surface area contributed by atoms with Gasteiger partial charge in [0.2, 0.25) is 0 Å². The summed E-state index contributed by atoms with van der Waals surface area (Å²) in [5, 5.41) is 2.70. The fourth-order valence-corrected chi connectivity index (χ4v) is 3.32. The Morgan fingerprint density at radius 1 is 1.24 bits per heavy atom. The summed E-state index contributed by atoms with van der Waals surface area (Å²) in [6.45, 7) is 5.58. The number of benzene rings is 1. The van der Waals surface area contributed by atoms with Gasteiger partial charge in [-0.2, -0.15) is 0 Å². The van der Waals surface area contributed by atoms with Crippen LogP contribution in [0.2, 0.25) is 0 Å². The molecule has 0 saturated carbocycles. The van der Waals surface area contributed by atoms with Gasteiger partial charge in [-0.3, -0.25) is 9.59 Å². The number of carbonyl (C=O) groups is 2. The monoisotopic (exact) mass is 306 g/mol. The molecule has 1 aromatic rings. The summed E-state index contributed by atoms with van der Waals surface area (Å²) in [5.41, 5.74) is 0.665. The van der Waals surface area contributed by atoms with Gasteiger partial charge in [0.25, 0.3) is 0 Å². The second kappa shape index (κ2) is 6.98. The number of amides is 2. The zero-order chi connectivity index (χ0) is 15.4. The van der Waals surface area contributed by atoms with E-state index >= 15 is 0 Å². The first-order valence-electron chi connectivity index (χ1n) is 7.24. The number of rotatable bonds is 2. The molecular weight excluding hydrogens is 284 g/mol. The van der Waals surface area contributed by atoms with Gasteiger partial charge in [0.05, 0.1) is 0 Å². The number of anilines is 1. The Hall–Kier alpha value is -1.49. The second-order valence-corrected chi connectivity index (χ2v) is 6.72. The Labute approximate surface area is 130 Å². The highest BCUT2D eigenvalue weighted by atomic mass is 32.2. The van der Waals surface area contributed by atoms with Gasteiger partial charge in [0.15, 0.2) is 0 Å². The van der Waals surface area contributed by atoms with E-state index in [1.165, 1.54) is 0 Å². The van der Waals surface area contributed by atoms with Crippen molar-refractivity contribution >= 4 is 29.3 Å². The van der Waals surface area contributed by atoms with Crippen LogP contribution in [0.5, 0.6) is 0 Å². The summed E-state index contributed by atoms with van der Waals surface area (Å²) in [5.74, 6) is -0.0758. The van der Waals surface area contributed by atoms with E-state index in [4.69, 9.17) is 0 Å². The third-order valence-electron chi connectivity index (χ3n) is 3.68. The highest BCUT2D eigenvalue weighted by Gasteiger charge is 2.29. The number of carbonyl (C=O) groups excluding carboxylic acids is 2. The molecule has 4 nitrogen and oxygen atoms in total. The van der Waals surface area contributed by atoms with E-state index in [9.17, 15) is 9.59 Å². The maximum atomic E-state index is 12.3. The third kappa shape index (κ3) is 4.24. The molecule has 1 aliphatic heterocycles. The molecule has 0 spiro atoms. The molecule has 2 unspecified atom stereocenters. The Balaban J connectivity index is 2.00. The molecule has 2 atom stereocenters. The van der Waals surface area contributed by atoms with Gasteiger partial charge in [0, 0.05) is 23.7 Å². The summed E-state index contributed by atoms with van der Waals surface area (Å²) in [6.07, 6.45) is 3.09. The molecule has 1 aromatic carbocycles. The zero-order valence-electron chi connectivity index (χ0n) is 12.8. The van der Waals surface area contributed by atoms with Crippen molar-refractivity contribution in [2.24, 2.45) is 11.8 Å². The SMILES string of the molecule is CSc1cccc(NC(=O)C(=O)N2CC(C)CC(C)C2)c1. The van der Waals surface area contributed by atoms with Gasteiger partial charge < -0.3 is 10.2 Å². The van der Waals surface area contributed by atoms with E-state index in [0.717, 1.165) is 11.3 Å². The number of hydrogen-bond acceptors (Lipinski definition) is 3. The van der Waals surface area contributed by atoms with Crippen molar-refractivity contribution in [3.8, 4) is 0 Å². The van der Waals surface area contributed by atoms with Crippen LogP contribution in [0, 0.1) is 11.8 Å². The van der Waals surface area contributed by atoms with Crippen LogP contribution in [0.15, 0.2) is 29.2 Å². The molecule has 1 heterocycles. The zero-order valence-corrected chi connectivity index (χ0v) is 13.6. The summed E-state index contributed by atoms with van der Waals surface area (Å²) < 4.78 is 0. The topological polar surface area (TPSA) is 49.4 Å². The minimum atomic E-state index is -0.547.